The van der Waals surface area contributed by atoms with E-state index in [-0.39, 0.29) is 11.9 Å². The van der Waals surface area contributed by atoms with Crippen molar-refractivity contribution in [2.75, 3.05) is 6.54 Å². The van der Waals surface area contributed by atoms with Crippen molar-refractivity contribution in [3.8, 4) is 0 Å². The van der Waals surface area contributed by atoms with Gasteiger partial charge in [-0.3, -0.25) is 9.48 Å². The van der Waals surface area contributed by atoms with Gasteiger partial charge in [-0.05, 0) is 49.8 Å². The van der Waals surface area contributed by atoms with Crippen molar-refractivity contribution in [3.05, 3.63) is 66.3 Å². The lowest BCUT2D eigenvalue weighted by molar-refractivity contribution is -0.135. The first-order chi connectivity index (χ1) is 16.3. The third-order valence-electron chi connectivity index (χ3n) is 6.54. The molecular weight excluding hydrogens is 416 g/mol. The third-order valence-corrected chi connectivity index (χ3v) is 6.54. The molecule has 1 fully saturated rings. The highest BCUT2D eigenvalue weighted by molar-refractivity contribution is 5.83. The van der Waals surface area contributed by atoms with Gasteiger partial charge in [0.1, 0.15) is 0 Å². The molecule has 0 spiro atoms. The summed E-state index contributed by atoms with van der Waals surface area (Å²) in [5.41, 5.74) is 2.38. The number of fused-ring (bicyclic) bond motifs is 1. The number of aromatic nitrogens is 5. The molecule has 0 radical (unpaired) electrons. The molecule has 1 aliphatic rings. The molecule has 172 valence electrons. The highest BCUT2D eigenvalue weighted by Gasteiger charge is 2.26. The largest absolute Gasteiger partial charge is 0.425 e. The van der Waals surface area contributed by atoms with Crippen LogP contribution >= 0.6 is 0 Å². The summed E-state index contributed by atoms with van der Waals surface area (Å²) >= 11 is 0. The predicted octanol–water partition coefficient (Wildman–Crippen LogP) is 3.94. The van der Waals surface area contributed by atoms with Crippen LogP contribution < -0.4 is 0 Å². The molecule has 33 heavy (non-hydrogen) atoms. The van der Waals surface area contributed by atoms with E-state index in [2.05, 4.69) is 37.3 Å². The molecule has 8 heteroatoms. The van der Waals surface area contributed by atoms with Crippen LogP contribution in [-0.4, -0.2) is 48.4 Å². The number of para-hydroxylation sites is 1. The first-order valence-electron chi connectivity index (χ1n) is 11.9. The van der Waals surface area contributed by atoms with Gasteiger partial charge in [0.2, 0.25) is 17.7 Å². The fourth-order valence-electron chi connectivity index (χ4n) is 4.77. The van der Waals surface area contributed by atoms with Crippen molar-refractivity contribution in [1.29, 1.82) is 0 Å². The van der Waals surface area contributed by atoms with Crippen LogP contribution in [-0.2, 0) is 30.6 Å². The molecule has 1 N–H and O–H groups in total. The summed E-state index contributed by atoms with van der Waals surface area (Å²) in [5, 5.41) is 13.9. The number of aryl methyl sites for hydroxylation is 4. The van der Waals surface area contributed by atoms with Crippen molar-refractivity contribution >= 4 is 16.8 Å². The fourth-order valence-corrected chi connectivity index (χ4v) is 4.77. The van der Waals surface area contributed by atoms with Gasteiger partial charge in [-0.2, -0.15) is 5.10 Å². The number of H-pyrrole nitrogens is 1. The molecule has 8 nitrogen and oxygen atoms in total. The lowest BCUT2D eigenvalue weighted by Gasteiger charge is -2.36. The monoisotopic (exact) mass is 446 g/mol. The Labute approximate surface area is 193 Å². The Morgan fingerprint density at radius 1 is 1.09 bits per heavy atom. The van der Waals surface area contributed by atoms with E-state index in [1.165, 1.54) is 17.4 Å². The first kappa shape index (κ1) is 21.4. The minimum Gasteiger partial charge on any atom is -0.425 e. The quantitative estimate of drug-likeness (QED) is 0.420. The second-order valence-electron chi connectivity index (χ2n) is 8.74. The van der Waals surface area contributed by atoms with Crippen molar-refractivity contribution in [3.63, 3.8) is 0 Å². The van der Waals surface area contributed by atoms with Crippen LogP contribution in [0.4, 0.5) is 0 Å². The number of hydrogen-bond acceptors (Lipinski definition) is 5. The van der Waals surface area contributed by atoms with Crippen LogP contribution in [0.5, 0.6) is 0 Å². The molecule has 1 aromatic carbocycles. The second kappa shape index (κ2) is 10.0. The minimum absolute atomic E-state index is 0.179. The third kappa shape index (κ3) is 5.16. The standard InChI is InChI=1S/C25H30N6O2/c32-25(31-16-4-3-6-20(31)13-17-30-15-5-14-27-30)12-11-24-29-28-23(33-24)10-9-19-18-26-22-8-2-1-7-21(19)22/h1-2,5,7-8,14-15,18,20,26H,3-4,6,9-13,16-17H2. The van der Waals surface area contributed by atoms with Gasteiger partial charge in [0.05, 0.1) is 0 Å². The summed E-state index contributed by atoms with van der Waals surface area (Å²) in [7, 11) is 0. The fraction of sp³-hybridized carbons (Fsp3) is 0.440. The number of nitrogens with zero attached hydrogens (tertiary/aromatic N) is 5. The van der Waals surface area contributed by atoms with Gasteiger partial charge in [0.15, 0.2) is 0 Å². The second-order valence-corrected chi connectivity index (χ2v) is 8.74. The summed E-state index contributed by atoms with van der Waals surface area (Å²) < 4.78 is 7.78. The number of piperidine rings is 1. The van der Waals surface area contributed by atoms with E-state index in [1.807, 2.05) is 35.3 Å². The molecule has 1 unspecified atom stereocenters. The van der Waals surface area contributed by atoms with E-state index in [0.29, 0.717) is 31.0 Å². The van der Waals surface area contributed by atoms with E-state index >= 15 is 0 Å². The number of aromatic amines is 1. The number of likely N-dealkylation sites (tertiary alicyclic amines) is 1. The molecule has 0 aliphatic carbocycles. The zero-order chi connectivity index (χ0) is 22.5. The van der Waals surface area contributed by atoms with E-state index in [1.54, 1.807) is 6.20 Å². The Morgan fingerprint density at radius 3 is 2.85 bits per heavy atom. The van der Waals surface area contributed by atoms with Gasteiger partial charge in [0.25, 0.3) is 0 Å². The Bertz CT molecular complexity index is 1180. The van der Waals surface area contributed by atoms with Crippen molar-refractivity contribution in [2.45, 2.75) is 64.0 Å². The van der Waals surface area contributed by atoms with Crippen LogP contribution in [0.25, 0.3) is 10.9 Å². The van der Waals surface area contributed by atoms with E-state index < -0.39 is 0 Å². The maximum atomic E-state index is 13.0. The molecule has 0 saturated carbocycles. The maximum absolute atomic E-state index is 13.0. The van der Waals surface area contributed by atoms with Crippen LogP contribution in [0.1, 0.15) is 49.4 Å². The topological polar surface area (TPSA) is 92.8 Å². The number of carbonyl (C=O) groups excluding carboxylic acids is 1. The number of amides is 1. The van der Waals surface area contributed by atoms with Gasteiger partial charge in [-0.25, -0.2) is 0 Å². The van der Waals surface area contributed by atoms with E-state index in [4.69, 9.17) is 4.42 Å². The summed E-state index contributed by atoms with van der Waals surface area (Å²) in [6.45, 7) is 1.67. The molecule has 1 atom stereocenters. The number of nitrogens with one attached hydrogen (secondary N) is 1. The van der Waals surface area contributed by atoms with E-state index in [9.17, 15) is 4.79 Å². The maximum Gasteiger partial charge on any atom is 0.223 e. The SMILES string of the molecule is O=C(CCc1nnc(CCc2c[nH]c3ccccc23)o1)N1CCCCC1CCn1cccn1. The highest BCUT2D eigenvalue weighted by Crippen LogP contribution is 2.22. The molecule has 3 aromatic heterocycles. The molecule has 1 aliphatic heterocycles. The average molecular weight is 447 g/mol. The van der Waals surface area contributed by atoms with Crippen LogP contribution in [0.15, 0.2) is 53.3 Å². The number of benzene rings is 1. The van der Waals surface area contributed by atoms with E-state index in [0.717, 1.165) is 44.3 Å². The normalized spacial score (nSPS) is 16.5. The molecule has 5 rings (SSSR count). The first-order valence-corrected chi connectivity index (χ1v) is 11.9. The minimum atomic E-state index is 0.179. The summed E-state index contributed by atoms with van der Waals surface area (Å²) in [6, 6.07) is 10.5. The van der Waals surface area contributed by atoms with Crippen molar-refractivity contribution < 1.29 is 9.21 Å². The van der Waals surface area contributed by atoms with Crippen LogP contribution in [0, 0.1) is 0 Å². The molecule has 1 amide bonds. The van der Waals surface area contributed by atoms with Crippen molar-refractivity contribution in [1.82, 2.24) is 29.9 Å². The van der Waals surface area contributed by atoms with Gasteiger partial charge in [-0.15, -0.1) is 10.2 Å². The molecule has 0 bridgehead atoms. The summed E-state index contributed by atoms with van der Waals surface area (Å²) in [5.74, 6) is 1.35. The van der Waals surface area contributed by atoms with Gasteiger partial charge in [0, 0.05) is 67.9 Å². The molecule has 4 aromatic rings. The Balaban J connectivity index is 1.12. The van der Waals surface area contributed by atoms with Gasteiger partial charge >= 0.3 is 0 Å². The smallest absolute Gasteiger partial charge is 0.223 e. The molecule has 4 heterocycles. The zero-order valence-electron chi connectivity index (χ0n) is 18.8. The molecule has 1 saturated heterocycles. The number of hydrogen-bond donors (Lipinski definition) is 1. The summed E-state index contributed by atoms with van der Waals surface area (Å²) in [6.07, 6.45) is 12.5. The van der Waals surface area contributed by atoms with Gasteiger partial charge < -0.3 is 14.3 Å². The highest BCUT2D eigenvalue weighted by atomic mass is 16.4. The number of rotatable bonds is 9. The Hall–Kier alpha value is -3.42. The lowest BCUT2D eigenvalue weighted by atomic mass is 9.98. The average Bonchev–Trinajstić information content (AvgIpc) is 3.61. The van der Waals surface area contributed by atoms with Crippen molar-refractivity contribution in [2.24, 2.45) is 0 Å². The van der Waals surface area contributed by atoms with Gasteiger partial charge in [-0.1, -0.05) is 18.2 Å². The number of carbonyl (C=O) groups is 1. The zero-order valence-corrected chi connectivity index (χ0v) is 18.8. The molecular formula is C25H30N6O2. The van der Waals surface area contributed by atoms with Crippen LogP contribution in [0.3, 0.4) is 0 Å². The summed E-state index contributed by atoms with van der Waals surface area (Å²) in [4.78, 5) is 18.3. The Morgan fingerprint density at radius 2 is 1.97 bits per heavy atom. The Kier molecular flexibility index (Phi) is 6.51. The predicted molar refractivity (Wildman–Crippen MR) is 125 cm³/mol. The van der Waals surface area contributed by atoms with Crippen LogP contribution in [0.2, 0.25) is 0 Å². The lowest BCUT2D eigenvalue weighted by Crippen LogP contribution is -2.44.